The highest BCUT2D eigenvalue weighted by Crippen LogP contribution is 2.63. The highest BCUT2D eigenvalue weighted by atomic mass is 16.5. The smallest absolute Gasteiger partial charge is 0.243 e. The molecule has 3 saturated carbocycles. The van der Waals surface area contributed by atoms with E-state index in [-0.39, 0.29) is 63.1 Å². The van der Waals surface area contributed by atoms with Crippen LogP contribution in [-0.4, -0.2) is 105 Å². The fraction of sp³-hybridized carbons (Fsp3) is 0.507. The predicted molar refractivity (Wildman–Crippen MR) is 319 cm³/mol. The first kappa shape index (κ1) is 60.4. The van der Waals surface area contributed by atoms with Crippen molar-refractivity contribution in [2.24, 2.45) is 51.3 Å². The van der Waals surface area contributed by atoms with E-state index in [1.807, 2.05) is 74.5 Å². The van der Waals surface area contributed by atoms with Gasteiger partial charge < -0.3 is 57.9 Å². The van der Waals surface area contributed by atoms with Crippen molar-refractivity contribution in [2.45, 2.75) is 158 Å². The lowest BCUT2D eigenvalue weighted by atomic mass is 9.52. The van der Waals surface area contributed by atoms with Crippen LogP contribution < -0.4 is 27.8 Å². The van der Waals surface area contributed by atoms with Crippen LogP contribution in [0.3, 0.4) is 0 Å². The summed E-state index contributed by atoms with van der Waals surface area (Å²) >= 11 is 0. The van der Waals surface area contributed by atoms with Gasteiger partial charge in [0.25, 0.3) is 0 Å². The van der Waals surface area contributed by atoms with E-state index in [0.29, 0.717) is 85.1 Å². The maximum absolute atomic E-state index is 15.2. The maximum Gasteiger partial charge on any atom is 0.243 e. The Morgan fingerprint density at radius 3 is 2.43 bits per heavy atom. The number of carbonyl (C=O) groups is 2. The van der Waals surface area contributed by atoms with Crippen LogP contribution in [0.2, 0.25) is 0 Å². The number of ether oxygens (including phenoxy) is 1. The first-order valence-corrected chi connectivity index (χ1v) is 29.6. The summed E-state index contributed by atoms with van der Waals surface area (Å²) < 4.78 is 6.29. The number of aliphatic imine (C=N–C) groups is 1. The van der Waals surface area contributed by atoms with Crippen LogP contribution in [0.25, 0.3) is 0 Å². The van der Waals surface area contributed by atoms with Crippen LogP contribution in [0.4, 0.5) is 0 Å². The number of nitrogens with zero attached hydrogens (tertiary/aromatic N) is 1. The van der Waals surface area contributed by atoms with E-state index in [1.165, 1.54) is 18.4 Å². The molecule has 3 aliphatic heterocycles. The number of carbonyl (C=O) groups excluding carboxylic acids is 2. The topological polar surface area (TPSA) is 279 Å². The van der Waals surface area contributed by atoms with Crippen molar-refractivity contribution in [3.8, 4) is 17.6 Å². The van der Waals surface area contributed by atoms with Crippen LogP contribution in [-0.2, 0) is 33.6 Å². The van der Waals surface area contributed by atoms with Crippen molar-refractivity contribution in [3.05, 3.63) is 159 Å². The standard InChI is InChI=1S/C67H86N6O9/c1-40-11-8-18-48(39-82-32-7-6-16-45(22-27-57(40)76)44-14-4-5-15-44)52-29-31-67(62(52)79)56-26-25-50(75)34-42-12-9-13-43(33-42)35-54(55(37-72-65(69)70)46-20-23-49(74)24-21-46)59(78)38-71-61-60-47(17-10-19-53(60)63(68)73-64(61)80)36-58(77)41(2)51(56)28-30-66(67,3)81/h8-13,17-24,33,44,50,52,54-57,59,61-63,71,74-76,78-79,81H,1,4-5,14-16,25-32,34-39,68H2,2-3H3,(H,73,80)(H4,69,70,72)/b11-8+,45-22-,48-18-,51-41?/t50-,52+,54+,55+,56+,57-,59+,61+,62+,63+,66+,67+/m0/s1. The van der Waals surface area contributed by atoms with Crippen molar-refractivity contribution in [2.75, 3.05) is 26.3 Å². The van der Waals surface area contributed by atoms with Crippen molar-refractivity contribution in [3.63, 3.8) is 0 Å². The average Bonchev–Trinajstić information content (AvgIpc) is 1.84. The van der Waals surface area contributed by atoms with Crippen molar-refractivity contribution in [1.82, 2.24) is 10.6 Å². The molecule has 15 heteroatoms. The number of hydrogen-bond acceptors (Lipinski definition) is 12. The summed E-state index contributed by atoms with van der Waals surface area (Å²) in [6, 6.07) is 19.1. The molecule has 3 heterocycles. The van der Waals surface area contributed by atoms with Gasteiger partial charge in [-0.05, 0) is 164 Å². The zero-order valence-corrected chi connectivity index (χ0v) is 47.7. The van der Waals surface area contributed by atoms with Gasteiger partial charge in [-0.1, -0.05) is 121 Å². The third-order valence-electron chi connectivity index (χ3n) is 19.3. The number of β-amino-alcohol motifs (C(OH)–C–C–N with tert-alkyl or cyclic N) is 1. The van der Waals surface area contributed by atoms with Gasteiger partial charge in [-0.25, -0.2) is 0 Å². The molecule has 0 radical (unpaired) electrons. The minimum atomic E-state index is -1.39. The first-order valence-electron chi connectivity index (χ1n) is 29.6. The highest BCUT2D eigenvalue weighted by molar-refractivity contribution is 5.98. The van der Waals surface area contributed by atoms with Crippen molar-refractivity contribution in [1.29, 1.82) is 0 Å². The number of phenolic OH excluding ortho intramolecular Hbond substituents is 1. The van der Waals surface area contributed by atoms with E-state index in [1.54, 1.807) is 24.3 Å². The van der Waals surface area contributed by atoms with Crippen LogP contribution in [0.1, 0.15) is 142 Å². The molecule has 0 saturated heterocycles. The Balaban J connectivity index is 1.09. The Morgan fingerprint density at radius 1 is 0.927 bits per heavy atom. The summed E-state index contributed by atoms with van der Waals surface area (Å²) in [5, 5.41) is 78.6. The molecule has 15 nitrogen and oxygen atoms in total. The molecule has 3 fully saturated rings. The number of nitrogens with two attached hydrogens (primary N) is 3. The largest absolute Gasteiger partial charge is 0.508 e. The molecule has 82 heavy (non-hydrogen) atoms. The number of ketones is 1. The summed E-state index contributed by atoms with van der Waals surface area (Å²) in [6.07, 6.45) is 11.6. The molecule has 12 atom stereocenters. The Kier molecular flexibility index (Phi) is 19.6. The van der Waals surface area contributed by atoms with Gasteiger partial charge in [0.2, 0.25) is 5.91 Å². The number of aliphatic hydroxyl groups excluding tert-OH is 4. The zero-order valence-electron chi connectivity index (χ0n) is 47.7. The minimum absolute atomic E-state index is 0.0603. The van der Waals surface area contributed by atoms with Crippen molar-refractivity contribution < 1.29 is 45.0 Å². The fourth-order valence-corrected chi connectivity index (χ4v) is 14.8. The molecular formula is C67H86N6O9. The molecule has 6 aliphatic rings. The molecule has 14 N–H and O–H groups in total. The lowest BCUT2D eigenvalue weighted by molar-refractivity contribution is -0.168. The minimum Gasteiger partial charge on any atom is -0.508 e. The third kappa shape index (κ3) is 13.4. The number of benzene rings is 3. The Labute approximate surface area is 483 Å². The number of fused-ring (bicyclic) bond motifs is 4. The van der Waals surface area contributed by atoms with Gasteiger partial charge in [0.05, 0.1) is 36.6 Å². The fourth-order valence-electron chi connectivity index (χ4n) is 14.8. The molecule has 3 aromatic carbocycles. The van der Waals surface area contributed by atoms with Gasteiger partial charge in [-0.2, -0.15) is 0 Å². The molecule has 0 unspecified atom stereocenters. The van der Waals surface area contributed by atoms with Gasteiger partial charge in [-0.3, -0.25) is 19.9 Å². The molecule has 3 aliphatic carbocycles. The van der Waals surface area contributed by atoms with Gasteiger partial charge in [0, 0.05) is 43.2 Å². The van der Waals surface area contributed by atoms with Crippen LogP contribution in [0.5, 0.6) is 5.75 Å². The SMILES string of the molecule is C=C1/C=C/C=C(\[C@H]2CC[C@@]3([C@@H]4CC[C@H](O)Cc5cccc(c5)C[C@H]([C@H](CN=C(N)N)c5ccc(O)cc5)[C@H](O)CN[C@H]5C(=O)N[C@@H](N)c6cccc(c65)CC(=O)C(C)=C4CC[C@@]3(C)O)[C@@H]2O)COCC#CC/C(C2CCCC2)=C/C[C@@H]1O. The number of Topliss-reactive ketones (excluding diaryl/α,β-unsaturated/α-hetero) is 1. The van der Waals surface area contributed by atoms with E-state index in [4.69, 9.17) is 21.9 Å². The van der Waals surface area contributed by atoms with Gasteiger partial charge in [0.15, 0.2) is 11.7 Å². The molecule has 1 amide bonds. The first-order chi connectivity index (χ1) is 39.3. The quantitative estimate of drug-likeness (QED) is 0.0528. The zero-order chi connectivity index (χ0) is 58.3. The number of phenols is 1. The number of hydrogen-bond donors (Lipinski definition) is 11. The summed E-state index contributed by atoms with van der Waals surface area (Å²) in [7, 11) is 0. The number of guanidine groups is 1. The second kappa shape index (κ2) is 26.6. The van der Waals surface area contributed by atoms with E-state index in [2.05, 4.69) is 40.1 Å². The average molecular weight is 1120 g/mol. The number of aliphatic hydroxyl groups is 5. The number of allylic oxidation sites excluding steroid dienone is 5. The van der Waals surface area contributed by atoms with Gasteiger partial charge >= 0.3 is 0 Å². The maximum atomic E-state index is 15.2. The number of rotatable bonds is 6. The molecular weight excluding hydrogens is 1030 g/mol. The number of aromatic hydroxyl groups is 1. The summed E-state index contributed by atoms with van der Waals surface area (Å²) in [4.78, 5) is 33.8. The van der Waals surface area contributed by atoms with E-state index >= 15 is 4.79 Å². The number of nitrogens with one attached hydrogen (secondary N) is 2. The summed E-state index contributed by atoms with van der Waals surface area (Å²) in [5.74, 6) is 4.35. The molecule has 2 bridgehead atoms. The molecule has 1 spiro atoms. The molecule has 438 valence electrons. The summed E-state index contributed by atoms with van der Waals surface area (Å²) in [5.41, 5.74) is 24.2. The lowest BCUT2D eigenvalue weighted by Gasteiger charge is -2.56. The number of amides is 1. The van der Waals surface area contributed by atoms with Crippen molar-refractivity contribution >= 4 is 17.6 Å². The molecule has 3 aromatic rings. The van der Waals surface area contributed by atoms with Crippen LogP contribution in [0, 0.1) is 40.9 Å². The normalized spacial score (nSPS) is 33.1. The van der Waals surface area contributed by atoms with Crippen LogP contribution >= 0.6 is 0 Å². The Morgan fingerprint density at radius 2 is 1.67 bits per heavy atom. The van der Waals surface area contributed by atoms with E-state index < -0.39 is 77.2 Å². The van der Waals surface area contributed by atoms with E-state index in [9.17, 15) is 35.4 Å². The predicted octanol–water partition coefficient (Wildman–Crippen LogP) is 6.76. The lowest BCUT2D eigenvalue weighted by Crippen LogP contribution is -2.59. The van der Waals surface area contributed by atoms with Crippen LogP contribution in [0.15, 0.2) is 130 Å². The van der Waals surface area contributed by atoms with Gasteiger partial charge in [-0.15, -0.1) is 0 Å². The monoisotopic (exact) mass is 1120 g/mol. The Bertz CT molecular complexity index is 3030. The van der Waals surface area contributed by atoms with Gasteiger partial charge in [0.1, 0.15) is 24.6 Å². The Hall–Kier alpha value is -6.19. The summed E-state index contributed by atoms with van der Waals surface area (Å²) in [6.45, 7) is 8.27. The molecule has 9 rings (SSSR count). The highest BCUT2D eigenvalue weighted by Gasteiger charge is 2.64. The second-order valence-electron chi connectivity index (χ2n) is 24.3. The third-order valence-corrected chi connectivity index (χ3v) is 19.3. The van der Waals surface area contributed by atoms with E-state index in [0.717, 1.165) is 40.7 Å². The second-order valence-corrected chi connectivity index (χ2v) is 24.3. The molecule has 0 aromatic heterocycles.